The van der Waals surface area contributed by atoms with Gasteiger partial charge in [-0.3, -0.25) is 9.59 Å². The summed E-state index contributed by atoms with van der Waals surface area (Å²) in [6.45, 7) is 3.90. The molecule has 1 unspecified atom stereocenters. The largest absolute Gasteiger partial charge is 1.00 e. The predicted octanol–water partition coefficient (Wildman–Crippen LogP) is -1.94. The molecule has 0 aliphatic heterocycles. The molecule has 0 radical (unpaired) electrons. The van der Waals surface area contributed by atoms with E-state index >= 15 is 0 Å². The summed E-state index contributed by atoms with van der Waals surface area (Å²) >= 11 is 0. The van der Waals surface area contributed by atoms with Crippen molar-refractivity contribution in [2.24, 2.45) is 0 Å². The number of carbonyl (C=O) groups is 3. The van der Waals surface area contributed by atoms with Gasteiger partial charge < -0.3 is 29.6 Å². The fraction of sp³-hybridized carbons (Fsp3) is 0.276. The first-order valence-corrected chi connectivity index (χ1v) is 12.1. The van der Waals surface area contributed by atoms with E-state index in [1.807, 2.05) is 19.1 Å². The normalized spacial score (nSPS) is 11.0. The zero-order valence-corrected chi connectivity index (χ0v) is 36.3. The summed E-state index contributed by atoms with van der Waals surface area (Å²) in [4.78, 5) is 32.1. The summed E-state index contributed by atoms with van der Waals surface area (Å²) in [5.74, 6) is -0.722. The Morgan fingerprint density at radius 1 is 0.952 bits per heavy atom. The molecule has 0 saturated heterocycles. The molecule has 13 heteroatoms. The number of rotatable bonds is 11. The van der Waals surface area contributed by atoms with Crippen molar-refractivity contribution >= 4 is 17.9 Å². The van der Waals surface area contributed by atoms with Crippen LogP contribution in [-0.4, -0.2) is 35.7 Å². The fourth-order valence-corrected chi connectivity index (χ4v) is 3.63. The van der Waals surface area contributed by atoms with E-state index in [0.29, 0.717) is 18.6 Å². The molecule has 0 spiro atoms. The average Bonchev–Trinajstić information content (AvgIpc) is 2.87. The Hall–Kier alpha value is -0.436. The molecule has 1 atom stereocenters. The number of alkyl halides is 3. The second-order valence-electron chi connectivity index (χ2n) is 8.70. The van der Waals surface area contributed by atoms with Gasteiger partial charge in [0.25, 0.3) is 0 Å². The Kier molecular flexibility index (Phi) is 20.4. The van der Waals surface area contributed by atoms with Gasteiger partial charge in [0, 0.05) is 18.4 Å². The van der Waals surface area contributed by atoms with E-state index in [2.05, 4.69) is 0 Å². The maximum absolute atomic E-state index is 13.3. The fourth-order valence-electron chi connectivity index (χ4n) is 3.63. The number of ketones is 1. The molecule has 214 valence electrons. The number of hydrogen-bond acceptors (Lipinski definition) is 7. The van der Waals surface area contributed by atoms with Gasteiger partial charge in [0.15, 0.2) is 5.78 Å². The molecule has 0 aliphatic carbocycles. The molecule has 1 N–H and O–H groups in total. The Morgan fingerprint density at radius 2 is 1.57 bits per heavy atom. The molecule has 0 fully saturated rings. The number of ether oxygens (including phenoxy) is 2. The molecule has 0 aromatic heterocycles. The number of halogens is 3. The van der Waals surface area contributed by atoms with Crippen molar-refractivity contribution < 1.29 is 190 Å². The van der Waals surface area contributed by atoms with Gasteiger partial charge in [-0.25, -0.2) is 0 Å². The van der Waals surface area contributed by atoms with Crippen LogP contribution in [0.3, 0.4) is 0 Å². The second-order valence-corrected chi connectivity index (χ2v) is 8.70. The summed E-state index contributed by atoms with van der Waals surface area (Å²) in [5, 5.41) is 25.5. The van der Waals surface area contributed by atoms with Crippen molar-refractivity contribution in [3.8, 4) is 11.5 Å². The van der Waals surface area contributed by atoms with Crippen LogP contribution in [0.15, 0.2) is 66.7 Å². The number of carboxylic acid groups (broad SMARTS) is 3. The Morgan fingerprint density at radius 3 is 2.12 bits per heavy atom. The number of hydrogen-bond donors (Lipinski definition) is 1. The maximum Gasteiger partial charge on any atom is 1.00 e. The minimum absolute atomic E-state index is 0. The van der Waals surface area contributed by atoms with Gasteiger partial charge in [-0.05, 0) is 67.9 Å². The third kappa shape index (κ3) is 15.0. The van der Waals surface area contributed by atoms with E-state index < -0.39 is 35.8 Å². The first-order chi connectivity index (χ1) is 18.8. The number of carbonyl (C=O) groups excluding carboxylic acids is 2. The number of aryl methyl sites for hydroxylation is 2. The summed E-state index contributed by atoms with van der Waals surface area (Å²) in [6.07, 6.45) is -6.47. The van der Waals surface area contributed by atoms with Gasteiger partial charge in [0.05, 0.1) is 23.8 Å². The quantitative estimate of drug-likeness (QED) is 0.221. The zero-order chi connectivity index (χ0) is 29.9. The summed E-state index contributed by atoms with van der Waals surface area (Å²) in [6, 6.07) is 16.4. The maximum atomic E-state index is 13.3. The first-order valence-electron chi connectivity index (χ1n) is 12.1. The summed E-state index contributed by atoms with van der Waals surface area (Å²) in [7, 11) is 0. The van der Waals surface area contributed by atoms with E-state index in [0.717, 1.165) is 23.3 Å². The van der Waals surface area contributed by atoms with Crippen LogP contribution in [0.25, 0.3) is 0 Å². The predicted molar refractivity (Wildman–Crippen MR) is 134 cm³/mol. The van der Waals surface area contributed by atoms with E-state index in [-0.39, 0.29) is 168 Å². The SMILES string of the molecule is Cc1cc(OCCC(C)Oc2ccc(C(F)(F)F)cc2C(=O)c2ccccc2)ccc1CCC(=O)O.O=C([O-])[O-].[Cs+].[Cs+]. The smallest absolute Gasteiger partial charge is 0.652 e. The van der Waals surface area contributed by atoms with Gasteiger partial charge in [0.2, 0.25) is 0 Å². The standard InChI is InChI=1S/C28H27F3O5.CH2O3.2Cs/c1-18-16-23(11-8-20(18)9-13-26(32)33)35-15-14-19(2)36-25-12-10-22(28(29,30)31)17-24(25)27(34)21-6-4-3-5-7-21;2-1(3)4;;/h3-8,10-12,16-17,19H,9,13-15H2,1-2H3,(H,32,33);(H2,2,3,4);;/q;;2*+1/p-2. The third-order valence-electron chi connectivity index (χ3n) is 5.63. The van der Waals surface area contributed by atoms with Crippen molar-refractivity contribution in [1.82, 2.24) is 0 Å². The number of carboxylic acids is 1. The second kappa shape index (κ2) is 20.6. The van der Waals surface area contributed by atoms with Crippen LogP contribution in [0.1, 0.15) is 52.4 Å². The number of aliphatic carboxylic acids is 1. The van der Waals surface area contributed by atoms with Gasteiger partial charge in [-0.1, -0.05) is 36.4 Å². The minimum atomic E-state index is -4.59. The molecule has 0 saturated carbocycles. The van der Waals surface area contributed by atoms with Crippen LogP contribution in [0, 0.1) is 6.92 Å². The molecule has 3 aromatic carbocycles. The molecule has 0 heterocycles. The first kappa shape index (κ1) is 41.6. The molecule has 3 rings (SSSR count). The Balaban J connectivity index is 0.00000263. The molecular weight excluding hydrogens is 799 g/mol. The average molecular weight is 826 g/mol. The molecular formula is C29H27Cs2F3O8. The summed E-state index contributed by atoms with van der Waals surface area (Å²) in [5.41, 5.74) is 1.04. The topological polar surface area (TPSA) is 136 Å². The van der Waals surface area contributed by atoms with Crippen LogP contribution in [-0.2, 0) is 17.4 Å². The van der Waals surface area contributed by atoms with Crippen molar-refractivity contribution in [3.05, 3.63) is 94.5 Å². The molecule has 0 amide bonds. The molecule has 0 aliphatic rings. The Labute approximate surface area is 359 Å². The zero-order valence-electron chi connectivity index (χ0n) is 23.7. The van der Waals surface area contributed by atoms with Crippen LogP contribution in [0.2, 0.25) is 0 Å². The van der Waals surface area contributed by atoms with Gasteiger partial charge in [-0.15, -0.1) is 0 Å². The third-order valence-corrected chi connectivity index (χ3v) is 5.63. The molecule has 0 bridgehead atoms. The van der Waals surface area contributed by atoms with Crippen molar-refractivity contribution in [2.75, 3.05) is 6.61 Å². The van der Waals surface area contributed by atoms with Crippen molar-refractivity contribution in [2.45, 2.75) is 45.4 Å². The Bertz CT molecular complexity index is 1310. The van der Waals surface area contributed by atoms with E-state index in [1.165, 1.54) is 6.07 Å². The molecule has 42 heavy (non-hydrogen) atoms. The monoisotopic (exact) mass is 826 g/mol. The van der Waals surface area contributed by atoms with Crippen molar-refractivity contribution in [3.63, 3.8) is 0 Å². The molecule has 8 nitrogen and oxygen atoms in total. The van der Waals surface area contributed by atoms with E-state index in [9.17, 15) is 22.8 Å². The van der Waals surface area contributed by atoms with Crippen LogP contribution >= 0.6 is 0 Å². The van der Waals surface area contributed by atoms with Gasteiger partial charge in [-0.2, -0.15) is 13.2 Å². The summed E-state index contributed by atoms with van der Waals surface area (Å²) < 4.78 is 51.5. The van der Waals surface area contributed by atoms with Crippen LogP contribution in [0.4, 0.5) is 18.0 Å². The van der Waals surface area contributed by atoms with Gasteiger partial charge >= 0.3 is 150 Å². The minimum Gasteiger partial charge on any atom is -0.652 e. The van der Waals surface area contributed by atoms with Gasteiger partial charge in [0.1, 0.15) is 11.5 Å². The molecule has 3 aromatic rings. The number of benzene rings is 3. The van der Waals surface area contributed by atoms with Crippen molar-refractivity contribution in [1.29, 1.82) is 0 Å². The van der Waals surface area contributed by atoms with E-state index in [4.69, 9.17) is 29.6 Å². The van der Waals surface area contributed by atoms with Crippen LogP contribution in [0.5, 0.6) is 11.5 Å². The van der Waals surface area contributed by atoms with E-state index in [1.54, 1.807) is 43.3 Å². The van der Waals surface area contributed by atoms with Crippen LogP contribution < -0.4 is 157 Å².